The maximum Gasteiger partial charge on any atom is 0.416 e. The van der Waals surface area contributed by atoms with Crippen molar-refractivity contribution in [2.45, 2.75) is 100 Å². The number of fused-ring (bicyclic) bond motifs is 8. The van der Waals surface area contributed by atoms with Crippen molar-refractivity contribution in [3.8, 4) is 16.9 Å². The van der Waals surface area contributed by atoms with Gasteiger partial charge < -0.3 is 14.7 Å². The molecule has 0 saturated heterocycles. The molecule has 2 aliphatic rings. The van der Waals surface area contributed by atoms with Crippen molar-refractivity contribution < 1.29 is 31.1 Å². The summed E-state index contributed by atoms with van der Waals surface area (Å²) in [5.41, 5.74) is 15.0. The molecular formula is C47H46F6N4O. The van der Waals surface area contributed by atoms with Crippen LogP contribution in [0.25, 0.3) is 55.5 Å². The molecule has 0 saturated carbocycles. The molecule has 5 heterocycles. The van der Waals surface area contributed by atoms with Crippen molar-refractivity contribution in [1.29, 1.82) is 0 Å². The number of aryl methyl sites for hydroxylation is 4. The smallest absolute Gasteiger partial charge is 0.416 e. The minimum absolute atomic E-state index is 0.112. The van der Waals surface area contributed by atoms with Gasteiger partial charge in [0.05, 0.1) is 33.9 Å². The average Bonchev–Trinajstić information content (AvgIpc) is 3.86. The summed E-state index contributed by atoms with van der Waals surface area (Å²) in [6, 6.07) is 15.0. The van der Waals surface area contributed by atoms with Crippen LogP contribution in [0, 0.1) is 13.8 Å². The number of benzene rings is 2. The van der Waals surface area contributed by atoms with Crippen LogP contribution in [-0.2, 0) is 31.8 Å². The molecule has 7 rings (SSSR count). The Morgan fingerprint density at radius 2 is 1.00 bits per heavy atom. The number of aromatic amines is 2. The van der Waals surface area contributed by atoms with Crippen molar-refractivity contribution in [3.63, 3.8) is 0 Å². The maximum absolute atomic E-state index is 13.5. The third-order valence-corrected chi connectivity index (χ3v) is 11.5. The molecule has 0 spiro atoms. The van der Waals surface area contributed by atoms with E-state index in [2.05, 4.69) is 83.6 Å². The lowest BCUT2D eigenvalue weighted by Gasteiger charge is -2.15. The van der Waals surface area contributed by atoms with E-state index >= 15 is 0 Å². The van der Waals surface area contributed by atoms with Crippen LogP contribution in [0.2, 0.25) is 0 Å². The average molecular weight is 797 g/mol. The Labute approximate surface area is 334 Å². The van der Waals surface area contributed by atoms with Gasteiger partial charge >= 0.3 is 12.4 Å². The molecule has 0 amide bonds. The molecule has 2 aromatic carbocycles. The van der Waals surface area contributed by atoms with Crippen molar-refractivity contribution in [2.75, 3.05) is 0 Å². The van der Waals surface area contributed by atoms with Gasteiger partial charge in [-0.25, -0.2) is 9.97 Å². The first-order chi connectivity index (χ1) is 27.5. The number of halogens is 6. The maximum atomic E-state index is 13.5. The van der Waals surface area contributed by atoms with Crippen molar-refractivity contribution in [3.05, 3.63) is 122 Å². The Morgan fingerprint density at radius 1 is 0.552 bits per heavy atom. The largest absolute Gasteiger partial charge is 0.489 e. The molecule has 5 aromatic rings. The Hall–Kier alpha value is -5.58. The first-order valence-corrected chi connectivity index (χ1v) is 19.7. The molecule has 2 aliphatic heterocycles. The van der Waals surface area contributed by atoms with Gasteiger partial charge in [-0.2, -0.15) is 26.3 Å². The second-order valence-corrected chi connectivity index (χ2v) is 15.0. The number of nitrogens with one attached hydrogen (secondary N) is 2. The Morgan fingerprint density at radius 3 is 1.40 bits per heavy atom. The van der Waals surface area contributed by atoms with E-state index in [0.717, 1.165) is 104 Å². The zero-order chi connectivity index (χ0) is 41.8. The first kappa shape index (κ1) is 40.6. The lowest BCUT2D eigenvalue weighted by atomic mass is 9.93. The number of aromatic nitrogens is 4. The highest BCUT2D eigenvalue weighted by atomic mass is 19.4. The fourth-order valence-electron chi connectivity index (χ4n) is 8.43. The number of ether oxygens (including phenoxy) is 1. The normalized spacial score (nSPS) is 13.6. The minimum Gasteiger partial charge on any atom is -0.489 e. The van der Waals surface area contributed by atoms with Gasteiger partial charge in [-0.3, -0.25) is 0 Å². The van der Waals surface area contributed by atoms with E-state index in [-0.39, 0.29) is 17.4 Å². The van der Waals surface area contributed by atoms with Gasteiger partial charge in [0, 0.05) is 27.6 Å². The number of alkyl halides is 6. The third-order valence-electron chi connectivity index (χ3n) is 11.5. The van der Waals surface area contributed by atoms with E-state index in [1.54, 1.807) is 12.1 Å². The van der Waals surface area contributed by atoms with Crippen LogP contribution in [0.15, 0.2) is 60.7 Å². The van der Waals surface area contributed by atoms with Crippen LogP contribution in [-0.4, -0.2) is 19.9 Å². The topological polar surface area (TPSA) is 66.6 Å². The number of allylic oxidation sites excluding steroid dienone is 4. The molecule has 0 aliphatic carbocycles. The summed E-state index contributed by atoms with van der Waals surface area (Å²) in [5.74, 6) is 0.278. The molecule has 0 fully saturated rings. The van der Waals surface area contributed by atoms with E-state index in [4.69, 9.17) is 14.7 Å². The predicted molar refractivity (Wildman–Crippen MR) is 221 cm³/mol. The standard InChI is InChI=1S/C47H46F6N4O/c1-9-33-24(5)37-20-41-35(11-3)26(7)44(56-41)43(29-13-15-32(16-14-29)58-23-28-17-30(46(48,49)50)19-31(18-28)47(51,52)53)45-27(8)36(12-4)42(57-45)21-38-25(6)34(10-2)40(55-38)22-39(33)54-37/h13-22,54-55H,9-12,23H2,1-8H3. The fraction of sp³-hybridized carbons (Fsp3) is 0.319. The van der Waals surface area contributed by atoms with Crippen LogP contribution in [0.1, 0.15) is 116 Å². The summed E-state index contributed by atoms with van der Waals surface area (Å²) in [6.07, 6.45) is -6.71. The van der Waals surface area contributed by atoms with Gasteiger partial charge in [-0.15, -0.1) is 0 Å². The lowest BCUT2D eigenvalue weighted by molar-refractivity contribution is -0.143. The summed E-state index contributed by atoms with van der Waals surface area (Å²) in [4.78, 5) is 18.1. The van der Waals surface area contributed by atoms with Crippen molar-refractivity contribution in [1.82, 2.24) is 19.9 Å². The molecule has 2 N–H and O–H groups in total. The van der Waals surface area contributed by atoms with E-state index in [1.807, 2.05) is 12.1 Å². The zero-order valence-corrected chi connectivity index (χ0v) is 33.9. The number of rotatable bonds is 8. The van der Waals surface area contributed by atoms with Crippen LogP contribution >= 0.6 is 0 Å². The Kier molecular flexibility index (Phi) is 10.7. The van der Waals surface area contributed by atoms with Crippen LogP contribution < -0.4 is 4.74 Å². The molecule has 3 aromatic heterocycles. The van der Waals surface area contributed by atoms with Gasteiger partial charge in [0.25, 0.3) is 0 Å². The summed E-state index contributed by atoms with van der Waals surface area (Å²) >= 11 is 0. The SMILES string of the molecule is CCC1=C(C)c2nc1cc1[nH]c(cc3[nH]c(cc4nc(c2-c2ccc(OCc5cc(C(F)(F)F)cc(C(F)(F)F)c5)cc2)C(C)=C4CC)c(C)c3CC)c(CC)c1C. The summed E-state index contributed by atoms with van der Waals surface area (Å²) in [5, 5.41) is 0. The van der Waals surface area contributed by atoms with Gasteiger partial charge in [-0.1, -0.05) is 39.8 Å². The van der Waals surface area contributed by atoms with E-state index < -0.39 is 30.1 Å². The van der Waals surface area contributed by atoms with E-state index in [1.165, 1.54) is 22.3 Å². The number of nitrogens with zero attached hydrogens (tertiary/aromatic N) is 2. The van der Waals surface area contributed by atoms with Crippen LogP contribution in [0.4, 0.5) is 26.3 Å². The monoisotopic (exact) mass is 796 g/mol. The molecule has 8 bridgehead atoms. The molecule has 0 radical (unpaired) electrons. The molecular weight excluding hydrogens is 751 g/mol. The molecule has 5 nitrogen and oxygen atoms in total. The summed E-state index contributed by atoms with van der Waals surface area (Å²) in [7, 11) is 0. The molecule has 11 heteroatoms. The third kappa shape index (κ3) is 7.35. The van der Waals surface area contributed by atoms with Crippen LogP contribution in [0.5, 0.6) is 5.75 Å². The molecule has 0 atom stereocenters. The van der Waals surface area contributed by atoms with Gasteiger partial charge in [0.2, 0.25) is 0 Å². The Bertz CT molecular complexity index is 2520. The zero-order valence-electron chi connectivity index (χ0n) is 33.9. The van der Waals surface area contributed by atoms with Crippen LogP contribution in [0.3, 0.4) is 0 Å². The van der Waals surface area contributed by atoms with Gasteiger partial charge in [0.1, 0.15) is 12.4 Å². The quantitative estimate of drug-likeness (QED) is 0.154. The molecule has 0 unspecified atom stereocenters. The van der Waals surface area contributed by atoms with Crippen molar-refractivity contribution >= 4 is 44.4 Å². The van der Waals surface area contributed by atoms with E-state index in [9.17, 15) is 26.3 Å². The second-order valence-electron chi connectivity index (χ2n) is 15.0. The highest BCUT2D eigenvalue weighted by molar-refractivity contribution is 6.02. The van der Waals surface area contributed by atoms with Crippen molar-refractivity contribution in [2.24, 2.45) is 0 Å². The molecule has 302 valence electrons. The Balaban J connectivity index is 1.45. The van der Waals surface area contributed by atoms with E-state index in [0.29, 0.717) is 12.1 Å². The lowest BCUT2D eigenvalue weighted by Crippen LogP contribution is -2.12. The van der Waals surface area contributed by atoms with Gasteiger partial charge in [-0.05, 0) is 158 Å². The second kappa shape index (κ2) is 15.3. The van der Waals surface area contributed by atoms with Gasteiger partial charge in [0.15, 0.2) is 0 Å². The minimum atomic E-state index is -4.95. The number of hydrogen-bond donors (Lipinski definition) is 2. The highest BCUT2D eigenvalue weighted by Gasteiger charge is 2.37. The number of H-pyrrole nitrogens is 2. The fourth-order valence-corrected chi connectivity index (χ4v) is 8.43. The summed E-state index contributed by atoms with van der Waals surface area (Å²) < 4.78 is 87.0. The highest BCUT2D eigenvalue weighted by Crippen LogP contribution is 2.44. The first-order valence-electron chi connectivity index (χ1n) is 19.7. The summed E-state index contributed by atoms with van der Waals surface area (Å²) in [6.45, 7) is 16.5. The number of hydrogen-bond acceptors (Lipinski definition) is 3. The molecule has 58 heavy (non-hydrogen) atoms. The predicted octanol–water partition coefficient (Wildman–Crippen LogP) is 14.0.